The van der Waals surface area contributed by atoms with Gasteiger partial charge in [-0.05, 0) is 56.5 Å². The van der Waals surface area contributed by atoms with E-state index in [9.17, 15) is 19.6 Å². The smallest absolute Gasteiger partial charge is 0.269 e. The van der Waals surface area contributed by atoms with Crippen LogP contribution in [-0.2, 0) is 11.3 Å². The Morgan fingerprint density at radius 2 is 1.80 bits per heavy atom. The molecule has 1 aromatic carbocycles. The number of pyridine rings is 1. The van der Waals surface area contributed by atoms with E-state index < -0.39 is 11.5 Å². The first-order valence-electron chi connectivity index (χ1n) is 10.2. The van der Waals surface area contributed by atoms with Gasteiger partial charge in [0.25, 0.3) is 11.5 Å². The molecule has 0 aliphatic carbocycles. The molecule has 7 heteroatoms. The predicted octanol–water partition coefficient (Wildman–Crippen LogP) is 2.99. The van der Waals surface area contributed by atoms with Crippen LogP contribution in [0, 0.1) is 25.2 Å². The zero-order valence-corrected chi connectivity index (χ0v) is 17.4. The highest BCUT2D eigenvalue weighted by molar-refractivity contribution is 5.97. The van der Waals surface area contributed by atoms with Gasteiger partial charge in [-0.3, -0.25) is 14.4 Å². The molecule has 0 bridgehead atoms. The van der Waals surface area contributed by atoms with Crippen molar-refractivity contribution in [2.24, 2.45) is 0 Å². The summed E-state index contributed by atoms with van der Waals surface area (Å²) in [5, 5.41) is 11.9. The fourth-order valence-corrected chi connectivity index (χ4v) is 3.79. The molecule has 0 unspecified atom stereocenters. The lowest BCUT2D eigenvalue weighted by atomic mass is 10.1. The molecule has 0 atom stereocenters. The van der Waals surface area contributed by atoms with E-state index in [4.69, 9.17) is 0 Å². The van der Waals surface area contributed by atoms with Gasteiger partial charge in [0, 0.05) is 30.0 Å². The second kappa shape index (κ2) is 9.40. The van der Waals surface area contributed by atoms with Crippen LogP contribution in [0.1, 0.15) is 52.9 Å². The molecular formula is C23H26N4O3. The first-order valence-corrected chi connectivity index (χ1v) is 10.2. The standard InChI is InChI=1S/C23H26N4O3/c1-16-12-17(2)27(23(30)20(16)14-24)15-21(28)25-19-9-7-8-18(13-19)22(29)26-10-5-3-4-6-11-26/h7-9,12-13H,3-6,10-11,15H2,1-2H3,(H,25,28). The molecule has 2 amide bonds. The predicted molar refractivity (Wildman–Crippen MR) is 114 cm³/mol. The molecule has 1 fully saturated rings. The fraction of sp³-hybridized carbons (Fsp3) is 0.391. The van der Waals surface area contributed by atoms with E-state index in [1.807, 2.05) is 11.0 Å². The van der Waals surface area contributed by atoms with E-state index in [-0.39, 0.29) is 18.0 Å². The summed E-state index contributed by atoms with van der Waals surface area (Å²) in [6, 6.07) is 10.5. The van der Waals surface area contributed by atoms with Gasteiger partial charge in [0.15, 0.2) is 0 Å². The van der Waals surface area contributed by atoms with Crippen LogP contribution in [0.4, 0.5) is 5.69 Å². The van der Waals surface area contributed by atoms with Crippen LogP contribution >= 0.6 is 0 Å². The average molecular weight is 406 g/mol. The van der Waals surface area contributed by atoms with Crippen LogP contribution in [0.25, 0.3) is 0 Å². The molecule has 1 aromatic heterocycles. The molecule has 156 valence electrons. The maximum absolute atomic E-state index is 12.8. The Kier molecular flexibility index (Phi) is 6.68. The zero-order chi connectivity index (χ0) is 21.7. The number of carbonyl (C=O) groups is 2. The van der Waals surface area contributed by atoms with Crippen molar-refractivity contribution < 1.29 is 9.59 Å². The number of aromatic nitrogens is 1. The summed E-state index contributed by atoms with van der Waals surface area (Å²) in [5.74, 6) is -0.426. The monoisotopic (exact) mass is 406 g/mol. The number of hydrogen-bond acceptors (Lipinski definition) is 4. The number of anilines is 1. The van der Waals surface area contributed by atoms with E-state index in [1.165, 1.54) is 4.57 Å². The number of aryl methyl sites for hydroxylation is 2. The van der Waals surface area contributed by atoms with Gasteiger partial charge in [-0.2, -0.15) is 5.26 Å². The van der Waals surface area contributed by atoms with E-state index in [0.717, 1.165) is 38.8 Å². The van der Waals surface area contributed by atoms with Crippen molar-refractivity contribution in [3.63, 3.8) is 0 Å². The molecule has 1 aliphatic heterocycles. The molecule has 30 heavy (non-hydrogen) atoms. The number of likely N-dealkylation sites (tertiary alicyclic amines) is 1. The summed E-state index contributed by atoms with van der Waals surface area (Å²) >= 11 is 0. The minimum atomic E-state index is -0.477. The Hall–Kier alpha value is -3.40. The quantitative estimate of drug-likeness (QED) is 0.844. The molecule has 1 saturated heterocycles. The molecule has 1 N–H and O–H groups in total. The van der Waals surface area contributed by atoms with Crippen molar-refractivity contribution in [3.8, 4) is 6.07 Å². The van der Waals surface area contributed by atoms with Gasteiger partial charge in [0.2, 0.25) is 5.91 Å². The third kappa shape index (κ3) is 4.77. The van der Waals surface area contributed by atoms with E-state index in [1.54, 1.807) is 44.2 Å². The summed E-state index contributed by atoms with van der Waals surface area (Å²) in [4.78, 5) is 39.7. The fourth-order valence-electron chi connectivity index (χ4n) is 3.79. The number of nitrogens with one attached hydrogen (secondary N) is 1. The first-order chi connectivity index (χ1) is 14.4. The third-order valence-corrected chi connectivity index (χ3v) is 5.40. The lowest BCUT2D eigenvalue weighted by molar-refractivity contribution is -0.116. The van der Waals surface area contributed by atoms with Crippen LogP contribution in [0.2, 0.25) is 0 Å². The second-order valence-corrected chi connectivity index (χ2v) is 7.68. The number of amides is 2. The summed E-state index contributed by atoms with van der Waals surface area (Å²) in [7, 11) is 0. The van der Waals surface area contributed by atoms with Crippen molar-refractivity contribution in [3.05, 3.63) is 63.1 Å². The van der Waals surface area contributed by atoms with E-state index >= 15 is 0 Å². The van der Waals surface area contributed by atoms with Crippen molar-refractivity contribution in [1.82, 2.24) is 9.47 Å². The molecule has 1 aliphatic rings. The SMILES string of the molecule is Cc1cc(C)n(CC(=O)Nc2cccc(C(=O)N3CCCCCC3)c2)c(=O)c1C#N. The summed E-state index contributed by atoms with van der Waals surface area (Å²) in [6.45, 7) is 4.73. The van der Waals surface area contributed by atoms with Gasteiger partial charge in [-0.15, -0.1) is 0 Å². The highest BCUT2D eigenvalue weighted by atomic mass is 16.2. The maximum atomic E-state index is 12.8. The molecule has 0 spiro atoms. The highest BCUT2D eigenvalue weighted by Gasteiger charge is 2.18. The van der Waals surface area contributed by atoms with Crippen molar-refractivity contribution in [2.45, 2.75) is 46.1 Å². The Morgan fingerprint density at radius 1 is 1.10 bits per heavy atom. The highest BCUT2D eigenvalue weighted by Crippen LogP contribution is 2.16. The van der Waals surface area contributed by atoms with Gasteiger partial charge < -0.3 is 14.8 Å². The number of nitrogens with zero attached hydrogens (tertiary/aromatic N) is 3. The minimum Gasteiger partial charge on any atom is -0.339 e. The van der Waals surface area contributed by atoms with E-state index in [2.05, 4.69) is 5.32 Å². The first kappa shape index (κ1) is 21.3. The Balaban J connectivity index is 1.74. The van der Waals surface area contributed by atoms with Gasteiger partial charge in [0.05, 0.1) is 0 Å². The van der Waals surface area contributed by atoms with Crippen LogP contribution < -0.4 is 10.9 Å². The van der Waals surface area contributed by atoms with Crippen LogP contribution in [0.3, 0.4) is 0 Å². The van der Waals surface area contributed by atoms with E-state index in [0.29, 0.717) is 22.5 Å². The third-order valence-electron chi connectivity index (χ3n) is 5.40. The van der Waals surface area contributed by atoms with Crippen LogP contribution in [0.15, 0.2) is 35.1 Å². The molecule has 3 rings (SSSR count). The number of rotatable bonds is 4. The minimum absolute atomic E-state index is 0.0303. The maximum Gasteiger partial charge on any atom is 0.269 e. The number of nitriles is 1. The van der Waals surface area contributed by atoms with Crippen molar-refractivity contribution in [2.75, 3.05) is 18.4 Å². The lowest BCUT2D eigenvalue weighted by Crippen LogP contribution is -2.32. The Labute approximate surface area is 175 Å². The molecular weight excluding hydrogens is 380 g/mol. The summed E-state index contributed by atoms with van der Waals surface area (Å²) in [5.41, 5.74) is 1.80. The topological polar surface area (TPSA) is 95.2 Å². The van der Waals surface area contributed by atoms with Gasteiger partial charge in [-0.1, -0.05) is 18.9 Å². The lowest BCUT2D eigenvalue weighted by Gasteiger charge is -2.20. The summed E-state index contributed by atoms with van der Waals surface area (Å²) < 4.78 is 1.28. The van der Waals surface area contributed by atoms with Crippen LogP contribution in [0.5, 0.6) is 0 Å². The van der Waals surface area contributed by atoms with Gasteiger partial charge in [0.1, 0.15) is 18.2 Å². The largest absolute Gasteiger partial charge is 0.339 e. The average Bonchev–Trinajstić information content (AvgIpc) is 3.00. The second-order valence-electron chi connectivity index (χ2n) is 7.68. The molecule has 7 nitrogen and oxygen atoms in total. The van der Waals surface area contributed by atoms with Crippen LogP contribution in [-0.4, -0.2) is 34.4 Å². The van der Waals surface area contributed by atoms with Gasteiger partial charge in [-0.25, -0.2) is 0 Å². The van der Waals surface area contributed by atoms with Crippen molar-refractivity contribution >= 4 is 17.5 Å². The normalized spacial score (nSPS) is 14.0. The summed E-state index contributed by atoms with van der Waals surface area (Å²) in [6.07, 6.45) is 4.31. The van der Waals surface area contributed by atoms with Gasteiger partial charge >= 0.3 is 0 Å². The number of benzene rings is 1. The van der Waals surface area contributed by atoms with Crippen molar-refractivity contribution in [1.29, 1.82) is 5.26 Å². The number of hydrogen-bond donors (Lipinski definition) is 1. The Bertz CT molecular complexity index is 1060. The molecule has 0 radical (unpaired) electrons. The Morgan fingerprint density at radius 3 is 2.47 bits per heavy atom. The number of carbonyl (C=O) groups excluding carboxylic acids is 2. The molecule has 0 saturated carbocycles. The molecule has 2 heterocycles. The zero-order valence-electron chi connectivity index (χ0n) is 17.4. The molecule has 2 aromatic rings.